The van der Waals surface area contributed by atoms with Crippen LogP contribution in [0.3, 0.4) is 0 Å². The molecule has 2 aromatic heterocycles. The number of aromatic amines is 1. The van der Waals surface area contributed by atoms with Gasteiger partial charge in [-0.1, -0.05) is 12.1 Å². The molecule has 0 saturated heterocycles. The maximum Gasteiger partial charge on any atom is 0.272 e. The lowest BCUT2D eigenvalue weighted by atomic mass is 10.1. The maximum absolute atomic E-state index is 11.8. The van der Waals surface area contributed by atoms with E-state index in [1.165, 1.54) is 10.6 Å². The summed E-state index contributed by atoms with van der Waals surface area (Å²) in [6.45, 7) is 1.81. The topological polar surface area (TPSA) is 59.4 Å². The molecule has 96 valence electrons. The van der Waals surface area contributed by atoms with Gasteiger partial charge in [-0.3, -0.25) is 9.89 Å². The average molecular weight is 255 g/mol. The molecule has 5 heteroatoms. The summed E-state index contributed by atoms with van der Waals surface area (Å²) in [5.41, 5.74) is 3.11. The molecule has 0 aliphatic rings. The Labute approximate surface area is 109 Å². The minimum Gasteiger partial charge on any atom is -0.497 e. The molecular weight excluding hydrogens is 242 g/mol. The van der Waals surface area contributed by atoms with Gasteiger partial charge in [0, 0.05) is 23.5 Å². The van der Waals surface area contributed by atoms with Gasteiger partial charge in [-0.25, -0.2) is 9.50 Å². The first-order valence-electron chi connectivity index (χ1n) is 5.91. The molecule has 3 aromatic rings. The highest BCUT2D eigenvalue weighted by molar-refractivity contribution is 5.77. The number of H-pyrrole nitrogens is 1. The zero-order valence-corrected chi connectivity index (χ0v) is 10.7. The van der Waals surface area contributed by atoms with Crippen molar-refractivity contribution >= 4 is 5.65 Å². The molecular formula is C14H13N3O2. The normalized spacial score (nSPS) is 10.8. The van der Waals surface area contributed by atoms with Gasteiger partial charge in [-0.2, -0.15) is 0 Å². The number of nitrogens with zero attached hydrogens (tertiary/aromatic N) is 2. The molecule has 1 aromatic carbocycles. The summed E-state index contributed by atoms with van der Waals surface area (Å²) in [4.78, 5) is 16.2. The molecule has 0 saturated carbocycles. The van der Waals surface area contributed by atoms with Crippen LogP contribution < -0.4 is 10.3 Å². The Balaban J connectivity index is 2.22. The lowest BCUT2D eigenvalue weighted by Crippen LogP contribution is -2.14. The molecule has 0 fully saturated rings. The van der Waals surface area contributed by atoms with E-state index in [1.807, 2.05) is 31.2 Å². The third-order valence-electron chi connectivity index (χ3n) is 3.03. The van der Waals surface area contributed by atoms with Crippen LogP contribution in [0.1, 0.15) is 5.69 Å². The van der Waals surface area contributed by atoms with Gasteiger partial charge in [0.15, 0.2) is 5.65 Å². The Morgan fingerprint density at radius 1 is 1.26 bits per heavy atom. The van der Waals surface area contributed by atoms with E-state index in [9.17, 15) is 4.79 Å². The van der Waals surface area contributed by atoms with E-state index in [0.29, 0.717) is 11.3 Å². The molecule has 2 heterocycles. The van der Waals surface area contributed by atoms with Crippen LogP contribution in [0.4, 0.5) is 0 Å². The van der Waals surface area contributed by atoms with Crippen molar-refractivity contribution in [2.45, 2.75) is 6.92 Å². The number of ether oxygens (including phenoxy) is 1. The molecule has 5 nitrogen and oxygen atoms in total. The van der Waals surface area contributed by atoms with E-state index < -0.39 is 0 Å². The summed E-state index contributed by atoms with van der Waals surface area (Å²) in [5, 5.41) is 2.92. The number of nitrogens with one attached hydrogen (secondary N) is 1. The van der Waals surface area contributed by atoms with Gasteiger partial charge >= 0.3 is 0 Å². The highest BCUT2D eigenvalue weighted by Crippen LogP contribution is 2.24. The van der Waals surface area contributed by atoms with Gasteiger partial charge in [0.25, 0.3) is 5.56 Å². The second-order valence-corrected chi connectivity index (χ2v) is 4.31. The Kier molecular flexibility index (Phi) is 2.59. The van der Waals surface area contributed by atoms with Crippen molar-refractivity contribution in [2.24, 2.45) is 0 Å². The summed E-state index contributed by atoms with van der Waals surface area (Å²) in [6.07, 6.45) is 1.78. The third-order valence-corrected chi connectivity index (χ3v) is 3.03. The molecule has 0 unspecified atom stereocenters. The second-order valence-electron chi connectivity index (χ2n) is 4.31. The smallest absolute Gasteiger partial charge is 0.272 e. The molecule has 0 bridgehead atoms. The van der Waals surface area contributed by atoms with Crippen LogP contribution >= 0.6 is 0 Å². The number of hydrogen-bond donors (Lipinski definition) is 1. The third kappa shape index (κ3) is 1.89. The number of rotatable bonds is 2. The van der Waals surface area contributed by atoms with Crippen molar-refractivity contribution in [3.8, 4) is 16.9 Å². The summed E-state index contributed by atoms with van der Waals surface area (Å²) in [5.74, 6) is 0.796. The fourth-order valence-corrected chi connectivity index (χ4v) is 2.08. The van der Waals surface area contributed by atoms with E-state index in [4.69, 9.17) is 4.74 Å². The van der Waals surface area contributed by atoms with Crippen molar-refractivity contribution in [1.29, 1.82) is 0 Å². The molecule has 3 rings (SSSR count). The van der Waals surface area contributed by atoms with Crippen molar-refractivity contribution in [3.05, 3.63) is 52.6 Å². The van der Waals surface area contributed by atoms with Crippen molar-refractivity contribution < 1.29 is 4.74 Å². The quantitative estimate of drug-likeness (QED) is 0.762. The second kappa shape index (κ2) is 4.28. The highest BCUT2D eigenvalue weighted by Gasteiger charge is 2.09. The Morgan fingerprint density at radius 3 is 2.68 bits per heavy atom. The Hall–Kier alpha value is -2.56. The fourth-order valence-electron chi connectivity index (χ4n) is 2.08. The molecule has 0 amide bonds. The molecule has 0 aliphatic carbocycles. The van der Waals surface area contributed by atoms with Gasteiger partial charge in [0.05, 0.1) is 7.11 Å². The maximum atomic E-state index is 11.8. The fraction of sp³-hybridized carbons (Fsp3) is 0.143. The number of methoxy groups -OCH3 is 1. The highest BCUT2D eigenvalue weighted by atomic mass is 16.5. The average Bonchev–Trinajstić information content (AvgIpc) is 2.83. The molecule has 0 spiro atoms. The lowest BCUT2D eigenvalue weighted by molar-refractivity contribution is 0.415. The number of benzene rings is 1. The van der Waals surface area contributed by atoms with Gasteiger partial charge in [0.1, 0.15) is 5.75 Å². The minimum absolute atomic E-state index is 0.109. The minimum atomic E-state index is -0.109. The standard InChI is InChI=1S/C14H13N3O2/c1-9-7-13(18)17-14(16-9)12(8-15-17)10-3-5-11(19-2)6-4-10/h3-8,15H,1-2H3. The largest absolute Gasteiger partial charge is 0.497 e. The van der Waals surface area contributed by atoms with Crippen LogP contribution in [0.25, 0.3) is 16.8 Å². The Morgan fingerprint density at radius 2 is 2.00 bits per heavy atom. The molecule has 1 N–H and O–H groups in total. The van der Waals surface area contributed by atoms with E-state index in [2.05, 4.69) is 10.1 Å². The van der Waals surface area contributed by atoms with Crippen LogP contribution in [-0.4, -0.2) is 21.7 Å². The van der Waals surface area contributed by atoms with Gasteiger partial charge in [-0.15, -0.1) is 0 Å². The number of hydrogen-bond acceptors (Lipinski definition) is 3. The first-order valence-corrected chi connectivity index (χ1v) is 5.91. The zero-order valence-electron chi connectivity index (χ0n) is 10.7. The predicted molar refractivity (Wildman–Crippen MR) is 72.5 cm³/mol. The number of aromatic nitrogens is 3. The Bertz CT molecular complexity index is 785. The van der Waals surface area contributed by atoms with Crippen LogP contribution in [-0.2, 0) is 0 Å². The van der Waals surface area contributed by atoms with Gasteiger partial charge in [0.2, 0.25) is 0 Å². The molecule has 19 heavy (non-hydrogen) atoms. The van der Waals surface area contributed by atoms with Gasteiger partial charge < -0.3 is 4.74 Å². The van der Waals surface area contributed by atoms with Crippen LogP contribution in [0, 0.1) is 6.92 Å². The first-order chi connectivity index (χ1) is 9.19. The van der Waals surface area contributed by atoms with E-state index in [-0.39, 0.29) is 5.56 Å². The molecule has 0 radical (unpaired) electrons. The molecule has 0 atom stereocenters. The van der Waals surface area contributed by atoms with Crippen LogP contribution in [0.2, 0.25) is 0 Å². The van der Waals surface area contributed by atoms with Crippen LogP contribution in [0.5, 0.6) is 5.75 Å². The summed E-state index contributed by atoms with van der Waals surface area (Å²) in [6, 6.07) is 9.15. The summed E-state index contributed by atoms with van der Waals surface area (Å²) < 4.78 is 6.57. The van der Waals surface area contributed by atoms with E-state index in [1.54, 1.807) is 13.3 Å². The number of fused-ring (bicyclic) bond motifs is 1. The summed E-state index contributed by atoms with van der Waals surface area (Å²) >= 11 is 0. The SMILES string of the molecule is COc1ccc(-c2c[nH]n3c(=O)cc(C)nc23)cc1. The summed E-state index contributed by atoms with van der Waals surface area (Å²) in [7, 11) is 1.63. The first kappa shape index (κ1) is 11.5. The van der Waals surface area contributed by atoms with Crippen LogP contribution in [0.15, 0.2) is 41.3 Å². The monoisotopic (exact) mass is 255 g/mol. The van der Waals surface area contributed by atoms with E-state index >= 15 is 0 Å². The molecule has 0 aliphatic heterocycles. The lowest BCUT2D eigenvalue weighted by Gasteiger charge is -2.02. The van der Waals surface area contributed by atoms with Crippen molar-refractivity contribution in [2.75, 3.05) is 7.11 Å². The van der Waals surface area contributed by atoms with Crippen molar-refractivity contribution in [1.82, 2.24) is 14.6 Å². The van der Waals surface area contributed by atoms with Gasteiger partial charge in [-0.05, 0) is 24.6 Å². The van der Waals surface area contributed by atoms with E-state index in [0.717, 1.165) is 16.9 Å². The van der Waals surface area contributed by atoms with Crippen molar-refractivity contribution in [3.63, 3.8) is 0 Å². The number of aryl methyl sites for hydroxylation is 1. The zero-order chi connectivity index (χ0) is 13.4. The predicted octanol–water partition coefficient (Wildman–Crippen LogP) is 2.01.